The van der Waals surface area contributed by atoms with Crippen molar-refractivity contribution < 1.29 is 13.2 Å². The minimum Gasteiger partial charge on any atom is -0.377 e. The van der Waals surface area contributed by atoms with Gasteiger partial charge in [-0.1, -0.05) is 12.1 Å². The zero-order chi connectivity index (χ0) is 15.4. The molecule has 0 spiro atoms. The normalized spacial score (nSPS) is 12.7. The molecule has 0 heterocycles. The number of methoxy groups -OCH3 is 1. The van der Waals surface area contributed by atoms with Gasteiger partial charge < -0.3 is 10.1 Å². The Morgan fingerprint density at radius 1 is 1.30 bits per heavy atom. The summed E-state index contributed by atoms with van der Waals surface area (Å²) in [5, 5.41) is 3.01. The van der Waals surface area contributed by atoms with E-state index < -0.39 is 15.6 Å². The Bertz CT molecular complexity index is 554. The molecule has 20 heavy (non-hydrogen) atoms. The molecular weight excluding hydrogens is 276 g/mol. The molecule has 5 nitrogen and oxygen atoms in total. The first-order valence-corrected chi connectivity index (χ1v) is 7.99. The van der Waals surface area contributed by atoms with Gasteiger partial charge in [-0.25, -0.2) is 13.1 Å². The van der Waals surface area contributed by atoms with Gasteiger partial charge in [0.05, 0.1) is 10.5 Å². The van der Waals surface area contributed by atoms with Gasteiger partial charge >= 0.3 is 0 Å². The van der Waals surface area contributed by atoms with Gasteiger partial charge in [-0.15, -0.1) is 0 Å². The predicted molar refractivity (Wildman–Crippen MR) is 80.2 cm³/mol. The number of hydrogen-bond acceptors (Lipinski definition) is 4. The van der Waals surface area contributed by atoms with Gasteiger partial charge in [0.15, 0.2) is 0 Å². The summed E-state index contributed by atoms with van der Waals surface area (Å²) in [5.41, 5.74) is 1.13. The number of nitrogens with one attached hydrogen (secondary N) is 2. The van der Waals surface area contributed by atoms with E-state index in [1.807, 2.05) is 33.0 Å². The molecule has 1 aromatic carbocycles. The second-order valence-corrected chi connectivity index (χ2v) is 7.15. The van der Waals surface area contributed by atoms with Gasteiger partial charge in [0, 0.05) is 20.2 Å². The lowest BCUT2D eigenvalue weighted by Gasteiger charge is -2.23. The minimum absolute atomic E-state index is 0.224. The lowest BCUT2D eigenvalue weighted by molar-refractivity contribution is 0.0276. The Hall–Kier alpha value is -0.950. The molecule has 0 aliphatic heterocycles. The van der Waals surface area contributed by atoms with Crippen LogP contribution in [0.3, 0.4) is 0 Å². The summed E-state index contributed by atoms with van der Waals surface area (Å²) in [5.74, 6) is 0. The molecule has 0 aromatic heterocycles. The molecule has 0 atom stereocenters. The number of sulfonamides is 1. The number of hydrogen-bond donors (Lipinski definition) is 2. The summed E-state index contributed by atoms with van der Waals surface area (Å²) in [4.78, 5) is 0.317. The molecule has 1 rings (SSSR count). The van der Waals surface area contributed by atoms with E-state index >= 15 is 0 Å². The maximum atomic E-state index is 12.4. The third-order valence-electron chi connectivity index (χ3n) is 3.16. The minimum atomic E-state index is -3.53. The van der Waals surface area contributed by atoms with Crippen molar-refractivity contribution in [3.05, 3.63) is 29.3 Å². The molecule has 0 amide bonds. The Morgan fingerprint density at radius 3 is 2.50 bits per heavy atom. The van der Waals surface area contributed by atoms with E-state index in [0.717, 1.165) is 11.1 Å². The highest BCUT2D eigenvalue weighted by Gasteiger charge is 2.23. The van der Waals surface area contributed by atoms with E-state index in [0.29, 0.717) is 11.4 Å². The fraction of sp³-hybridized carbons (Fsp3) is 0.571. The molecule has 0 radical (unpaired) electrons. The first kappa shape index (κ1) is 17.1. The van der Waals surface area contributed by atoms with Crippen LogP contribution in [-0.4, -0.2) is 34.7 Å². The third kappa shape index (κ3) is 4.56. The van der Waals surface area contributed by atoms with Crippen LogP contribution in [0.2, 0.25) is 0 Å². The zero-order valence-electron chi connectivity index (χ0n) is 12.8. The van der Waals surface area contributed by atoms with E-state index in [-0.39, 0.29) is 6.54 Å². The third-order valence-corrected chi connectivity index (χ3v) is 4.71. The van der Waals surface area contributed by atoms with Gasteiger partial charge in [0.25, 0.3) is 0 Å². The number of aryl methyl sites for hydroxylation is 1. The molecule has 0 aliphatic rings. The molecule has 0 bridgehead atoms. The molecule has 0 fully saturated rings. The van der Waals surface area contributed by atoms with Crippen molar-refractivity contribution in [3.8, 4) is 0 Å². The van der Waals surface area contributed by atoms with Crippen LogP contribution in [0.4, 0.5) is 0 Å². The average molecular weight is 300 g/mol. The summed E-state index contributed by atoms with van der Waals surface area (Å²) in [6.07, 6.45) is 0. The topological polar surface area (TPSA) is 67.4 Å². The van der Waals surface area contributed by atoms with Crippen LogP contribution in [0.25, 0.3) is 0 Å². The highest BCUT2D eigenvalue weighted by molar-refractivity contribution is 7.89. The quantitative estimate of drug-likeness (QED) is 0.799. The van der Waals surface area contributed by atoms with Crippen LogP contribution >= 0.6 is 0 Å². The van der Waals surface area contributed by atoms with Crippen molar-refractivity contribution in [3.63, 3.8) is 0 Å². The summed E-state index contributed by atoms with van der Waals surface area (Å²) < 4.78 is 32.6. The van der Waals surface area contributed by atoms with Crippen molar-refractivity contribution >= 4 is 10.0 Å². The SMILES string of the molecule is CNCc1ccc(C)c(S(=O)(=O)NCC(C)(C)OC)c1. The highest BCUT2D eigenvalue weighted by atomic mass is 32.2. The van der Waals surface area contributed by atoms with Crippen LogP contribution in [0, 0.1) is 6.92 Å². The van der Waals surface area contributed by atoms with Gasteiger partial charge in [-0.05, 0) is 45.0 Å². The lowest BCUT2D eigenvalue weighted by atomic mass is 10.1. The molecule has 0 aliphatic carbocycles. The first-order valence-electron chi connectivity index (χ1n) is 6.51. The summed E-state index contributed by atoms with van der Waals surface area (Å²) in [6, 6.07) is 5.45. The van der Waals surface area contributed by atoms with Crippen molar-refractivity contribution in [1.82, 2.24) is 10.0 Å². The van der Waals surface area contributed by atoms with E-state index in [4.69, 9.17) is 4.74 Å². The molecular formula is C14H24N2O3S. The summed E-state index contributed by atoms with van der Waals surface area (Å²) in [7, 11) is -0.143. The van der Waals surface area contributed by atoms with E-state index in [1.54, 1.807) is 20.1 Å². The van der Waals surface area contributed by atoms with Crippen LogP contribution in [0.5, 0.6) is 0 Å². The summed E-state index contributed by atoms with van der Waals surface area (Å²) >= 11 is 0. The Kier molecular flexibility index (Phi) is 5.70. The maximum absolute atomic E-state index is 12.4. The second-order valence-electron chi connectivity index (χ2n) is 5.42. The zero-order valence-corrected chi connectivity index (χ0v) is 13.6. The number of ether oxygens (including phenoxy) is 1. The predicted octanol–water partition coefficient (Wildman–Crippen LogP) is 1.42. The standard InChI is InChI=1S/C14H24N2O3S/c1-11-6-7-12(9-15-4)8-13(11)20(17,18)16-10-14(2,3)19-5/h6-8,15-16H,9-10H2,1-5H3. The number of benzene rings is 1. The monoisotopic (exact) mass is 300 g/mol. The van der Waals surface area contributed by atoms with Crippen LogP contribution < -0.4 is 10.0 Å². The second kappa shape index (κ2) is 6.67. The highest BCUT2D eigenvalue weighted by Crippen LogP contribution is 2.18. The van der Waals surface area contributed by atoms with Gasteiger partial charge in [0.1, 0.15) is 0 Å². The summed E-state index contributed by atoms with van der Waals surface area (Å²) in [6.45, 7) is 6.31. The van der Waals surface area contributed by atoms with E-state index in [2.05, 4.69) is 10.0 Å². The van der Waals surface area contributed by atoms with Gasteiger partial charge in [-0.2, -0.15) is 0 Å². The smallest absolute Gasteiger partial charge is 0.240 e. The average Bonchev–Trinajstić information content (AvgIpc) is 2.39. The van der Waals surface area contributed by atoms with Crippen LogP contribution in [-0.2, 0) is 21.3 Å². The molecule has 0 unspecified atom stereocenters. The van der Waals surface area contributed by atoms with Gasteiger partial charge in [-0.3, -0.25) is 0 Å². The Balaban J connectivity index is 3.00. The molecule has 1 aromatic rings. The largest absolute Gasteiger partial charge is 0.377 e. The van der Waals surface area contributed by atoms with Crippen LogP contribution in [0.1, 0.15) is 25.0 Å². The van der Waals surface area contributed by atoms with Crippen molar-refractivity contribution in [2.24, 2.45) is 0 Å². The number of rotatable bonds is 7. The lowest BCUT2D eigenvalue weighted by Crippen LogP contribution is -2.39. The molecule has 114 valence electrons. The molecule has 0 saturated heterocycles. The fourth-order valence-electron chi connectivity index (χ4n) is 1.67. The molecule has 2 N–H and O–H groups in total. The fourth-order valence-corrected chi connectivity index (χ4v) is 3.16. The van der Waals surface area contributed by atoms with Gasteiger partial charge in [0.2, 0.25) is 10.0 Å². The first-order chi connectivity index (χ1) is 9.22. The van der Waals surface area contributed by atoms with E-state index in [9.17, 15) is 8.42 Å². The van der Waals surface area contributed by atoms with E-state index in [1.165, 1.54) is 0 Å². The molecule has 6 heteroatoms. The van der Waals surface area contributed by atoms with Crippen molar-refractivity contribution in [1.29, 1.82) is 0 Å². The van der Waals surface area contributed by atoms with Crippen molar-refractivity contribution in [2.75, 3.05) is 20.7 Å². The Morgan fingerprint density at radius 2 is 1.95 bits per heavy atom. The van der Waals surface area contributed by atoms with Crippen molar-refractivity contribution in [2.45, 2.75) is 37.8 Å². The molecule has 0 saturated carbocycles. The Labute approximate surface area is 121 Å². The van der Waals surface area contributed by atoms with Crippen LogP contribution in [0.15, 0.2) is 23.1 Å². The maximum Gasteiger partial charge on any atom is 0.240 e.